The minimum atomic E-state index is 0.448. The van der Waals surface area contributed by atoms with Crippen LogP contribution in [0.3, 0.4) is 0 Å². The first-order chi connectivity index (χ1) is 8.74. The topological polar surface area (TPSA) is 77.8 Å². The lowest BCUT2D eigenvalue weighted by atomic mass is 10.3. The van der Waals surface area contributed by atoms with Gasteiger partial charge in [0.25, 0.3) is 5.89 Å². The van der Waals surface area contributed by atoms with Crippen molar-refractivity contribution in [1.29, 1.82) is 0 Å². The molecule has 0 saturated heterocycles. The second-order valence-corrected chi connectivity index (χ2v) is 5.43. The largest absolute Gasteiger partial charge is 0.391 e. The van der Waals surface area contributed by atoms with Gasteiger partial charge < -0.3 is 10.3 Å². The number of hydrogen-bond donors (Lipinski definition) is 1. The Kier molecular flexibility index (Phi) is 2.85. The molecule has 3 aromatic heterocycles. The SMILES string of the molecule is Nc1ccc(-c2nc(-c3ncccc3Br)no2)s1. The van der Waals surface area contributed by atoms with Gasteiger partial charge in [-0.15, -0.1) is 11.3 Å². The van der Waals surface area contributed by atoms with Crippen LogP contribution in [0.5, 0.6) is 0 Å². The summed E-state index contributed by atoms with van der Waals surface area (Å²) in [4.78, 5) is 9.36. The lowest BCUT2D eigenvalue weighted by Gasteiger charge is -1.94. The zero-order chi connectivity index (χ0) is 12.5. The van der Waals surface area contributed by atoms with E-state index in [2.05, 4.69) is 31.1 Å². The maximum absolute atomic E-state index is 5.67. The third-order valence-electron chi connectivity index (χ3n) is 2.23. The summed E-state index contributed by atoms with van der Waals surface area (Å²) in [5.41, 5.74) is 6.32. The van der Waals surface area contributed by atoms with Crippen molar-refractivity contribution in [3.8, 4) is 22.3 Å². The van der Waals surface area contributed by atoms with Gasteiger partial charge in [-0.05, 0) is 40.2 Å². The summed E-state index contributed by atoms with van der Waals surface area (Å²) in [5.74, 6) is 0.897. The molecule has 3 rings (SSSR count). The Morgan fingerprint density at radius 2 is 2.17 bits per heavy atom. The summed E-state index contributed by atoms with van der Waals surface area (Å²) in [6.45, 7) is 0. The number of nitrogens with two attached hydrogens (primary N) is 1. The number of aromatic nitrogens is 3. The van der Waals surface area contributed by atoms with Crippen molar-refractivity contribution in [3.05, 3.63) is 34.9 Å². The number of nitrogen functional groups attached to an aromatic ring is 1. The molecule has 2 N–H and O–H groups in total. The Bertz CT molecular complexity index is 694. The number of anilines is 1. The first-order valence-corrected chi connectivity index (χ1v) is 6.65. The molecule has 18 heavy (non-hydrogen) atoms. The molecule has 0 aliphatic carbocycles. The van der Waals surface area contributed by atoms with E-state index >= 15 is 0 Å². The second kappa shape index (κ2) is 4.51. The van der Waals surface area contributed by atoms with Crippen LogP contribution < -0.4 is 5.73 Å². The molecule has 5 nitrogen and oxygen atoms in total. The summed E-state index contributed by atoms with van der Waals surface area (Å²) in [5, 5.41) is 4.63. The molecule has 0 amide bonds. The highest BCUT2D eigenvalue weighted by molar-refractivity contribution is 9.10. The Labute approximate surface area is 115 Å². The fraction of sp³-hybridized carbons (Fsp3) is 0. The molecule has 0 aromatic carbocycles. The summed E-state index contributed by atoms with van der Waals surface area (Å²) in [6.07, 6.45) is 1.68. The summed E-state index contributed by atoms with van der Waals surface area (Å²) >= 11 is 4.80. The van der Waals surface area contributed by atoms with Crippen LogP contribution in [0.25, 0.3) is 22.3 Å². The van der Waals surface area contributed by atoms with Crippen molar-refractivity contribution in [3.63, 3.8) is 0 Å². The molecule has 0 aliphatic rings. The van der Waals surface area contributed by atoms with Crippen LogP contribution in [0, 0.1) is 0 Å². The van der Waals surface area contributed by atoms with Gasteiger partial charge in [0.2, 0.25) is 5.82 Å². The molecule has 7 heteroatoms. The lowest BCUT2D eigenvalue weighted by molar-refractivity contribution is 0.433. The average molecular weight is 323 g/mol. The van der Waals surface area contributed by atoms with Crippen LogP contribution in [0.4, 0.5) is 5.00 Å². The predicted molar refractivity (Wildman–Crippen MR) is 73.0 cm³/mol. The van der Waals surface area contributed by atoms with E-state index in [1.807, 2.05) is 18.2 Å². The maximum Gasteiger partial charge on any atom is 0.268 e. The van der Waals surface area contributed by atoms with Gasteiger partial charge in [0.15, 0.2) is 0 Å². The molecule has 0 aliphatic heterocycles. The van der Waals surface area contributed by atoms with Crippen molar-refractivity contribution in [1.82, 2.24) is 15.1 Å². The molecular weight excluding hydrogens is 316 g/mol. The highest BCUT2D eigenvalue weighted by Gasteiger charge is 2.14. The van der Waals surface area contributed by atoms with E-state index in [-0.39, 0.29) is 0 Å². The van der Waals surface area contributed by atoms with Crippen LogP contribution in [-0.2, 0) is 0 Å². The van der Waals surface area contributed by atoms with E-state index in [0.29, 0.717) is 22.4 Å². The number of thiophene rings is 1. The second-order valence-electron chi connectivity index (χ2n) is 3.46. The lowest BCUT2D eigenvalue weighted by Crippen LogP contribution is -1.86. The van der Waals surface area contributed by atoms with E-state index in [1.165, 1.54) is 11.3 Å². The monoisotopic (exact) mass is 322 g/mol. The molecule has 0 radical (unpaired) electrons. The third kappa shape index (κ3) is 2.02. The number of hydrogen-bond acceptors (Lipinski definition) is 6. The van der Waals surface area contributed by atoms with Gasteiger partial charge in [0, 0.05) is 10.7 Å². The summed E-state index contributed by atoms with van der Waals surface area (Å²) in [6, 6.07) is 7.36. The molecule has 3 heterocycles. The molecule has 0 spiro atoms. The Morgan fingerprint density at radius 3 is 2.89 bits per heavy atom. The molecule has 0 fully saturated rings. The first kappa shape index (κ1) is 11.4. The smallest absolute Gasteiger partial charge is 0.268 e. The summed E-state index contributed by atoms with van der Waals surface area (Å²) in [7, 11) is 0. The van der Waals surface area contributed by atoms with E-state index in [9.17, 15) is 0 Å². The molecular formula is C11H7BrN4OS. The quantitative estimate of drug-likeness (QED) is 0.783. The third-order valence-corrected chi connectivity index (χ3v) is 3.78. The van der Waals surface area contributed by atoms with Crippen LogP contribution in [0.1, 0.15) is 0 Å². The van der Waals surface area contributed by atoms with Gasteiger partial charge in [-0.3, -0.25) is 4.98 Å². The van der Waals surface area contributed by atoms with Gasteiger partial charge in [-0.25, -0.2) is 0 Å². The normalized spacial score (nSPS) is 10.7. The fourth-order valence-corrected chi connectivity index (χ4v) is 2.57. The molecule has 0 atom stereocenters. The van der Waals surface area contributed by atoms with Crippen molar-refractivity contribution < 1.29 is 4.52 Å². The zero-order valence-electron chi connectivity index (χ0n) is 9.00. The Morgan fingerprint density at radius 1 is 1.28 bits per heavy atom. The van der Waals surface area contributed by atoms with Crippen molar-refractivity contribution >= 4 is 32.3 Å². The molecule has 3 aromatic rings. The predicted octanol–water partition coefficient (Wildman–Crippen LogP) is 3.20. The van der Waals surface area contributed by atoms with Gasteiger partial charge in [-0.2, -0.15) is 4.98 Å². The number of rotatable bonds is 2. The number of pyridine rings is 1. The van der Waals surface area contributed by atoms with Crippen molar-refractivity contribution in [2.24, 2.45) is 0 Å². The maximum atomic E-state index is 5.67. The average Bonchev–Trinajstić information content (AvgIpc) is 2.98. The van der Waals surface area contributed by atoms with Crippen LogP contribution in [0.15, 0.2) is 39.5 Å². The van der Waals surface area contributed by atoms with Gasteiger partial charge in [0.1, 0.15) is 5.69 Å². The number of halogens is 1. The summed E-state index contributed by atoms with van der Waals surface area (Å²) < 4.78 is 6.03. The fourth-order valence-electron chi connectivity index (χ4n) is 1.44. The van der Waals surface area contributed by atoms with Crippen molar-refractivity contribution in [2.45, 2.75) is 0 Å². The Hall–Kier alpha value is -1.73. The van der Waals surface area contributed by atoms with Gasteiger partial charge >= 0.3 is 0 Å². The van der Waals surface area contributed by atoms with Gasteiger partial charge in [0.05, 0.1) is 9.88 Å². The van der Waals surface area contributed by atoms with E-state index in [0.717, 1.165) is 9.35 Å². The molecule has 90 valence electrons. The van der Waals surface area contributed by atoms with Crippen molar-refractivity contribution in [2.75, 3.05) is 5.73 Å². The zero-order valence-corrected chi connectivity index (χ0v) is 11.4. The Balaban J connectivity index is 2.02. The highest BCUT2D eigenvalue weighted by atomic mass is 79.9. The minimum absolute atomic E-state index is 0.448. The minimum Gasteiger partial charge on any atom is -0.391 e. The van der Waals surface area contributed by atoms with Gasteiger partial charge in [-0.1, -0.05) is 5.16 Å². The van der Waals surface area contributed by atoms with E-state index < -0.39 is 0 Å². The molecule has 0 saturated carbocycles. The molecule has 0 bridgehead atoms. The van der Waals surface area contributed by atoms with Crippen LogP contribution in [-0.4, -0.2) is 15.1 Å². The van der Waals surface area contributed by atoms with Crippen LogP contribution >= 0.6 is 27.3 Å². The highest BCUT2D eigenvalue weighted by Crippen LogP contribution is 2.30. The first-order valence-electron chi connectivity index (χ1n) is 5.04. The van der Waals surface area contributed by atoms with Crippen LogP contribution in [0.2, 0.25) is 0 Å². The van der Waals surface area contributed by atoms with E-state index in [4.69, 9.17) is 10.3 Å². The number of nitrogens with zero attached hydrogens (tertiary/aromatic N) is 3. The van der Waals surface area contributed by atoms with E-state index in [1.54, 1.807) is 12.3 Å². The molecule has 0 unspecified atom stereocenters. The standard InChI is InChI=1S/C11H7BrN4OS/c12-6-2-1-5-14-9(6)10-15-11(17-16-10)7-3-4-8(13)18-7/h1-5H,13H2.